The van der Waals surface area contributed by atoms with Gasteiger partial charge in [-0.25, -0.2) is 0 Å². The molecule has 0 spiro atoms. The zero-order chi connectivity index (χ0) is 22.3. The number of fused-ring (bicyclic) bond motifs is 2. The third-order valence-corrected chi connectivity index (χ3v) is 6.24. The third-order valence-electron chi connectivity index (χ3n) is 6.24. The van der Waals surface area contributed by atoms with E-state index in [1.54, 1.807) is 3.26 Å². The summed E-state index contributed by atoms with van der Waals surface area (Å²) >= 11 is 1.27. The van der Waals surface area contributed by atoms with Crippen LogP contribution in [0, 0.1) is 16.7 Å². The molecule has 0 nitrogen and oxygen atoms in total. The van der Waals surface area contributed by atoms with E-state index in [0.29, 0.717) is 5.92 Å². The fourth-order valence-electron chi connectivity index (χ4n) is 4.43. The second-order valence-corrected chi connectivity index (χ2v) is 14.5. The topological polar surface area (TPSA) is 0 Å². The summed E-state index contributed by atoms with van der Waals surface area (Å²) in [7, 11) is 0. The van der Waals surface area contributed by atoms with Gasteiger partial charge < -0.3 is 24.8 Å². The molecule has 0 fully saturated rings. The van der Waals surface area contributed by atoms with Gasteiger partial charge >= 0.3 is 41.0 Å². The first-order valence-corrected chi connectivity index (χ1v) is 12.7. The van der Waals surface area contributed by atoms with E-state index < -0.39 is 0 Å². The maximum absolute atomic E-state index is 3.72. The number of halogens is 2. The van der Waals surface area contributed by atoms with Gasteiger partial charge in [-0.2, -0.15) is 0 Å². The average Bonchev–Trinajstić information content (AvgIpc) is 3.26. The van der Waals surface area contributed by atoms with Crippen molar-refractivity contribution in [3.8, 4) is 0 Å². The maximum Gasteiger partial charge on any atom is -1.00 e. The zero-order valence-electron chi connectivity index (χ0n) is 20.6. The summed E-state index contributed by atoms with van der Waals surface area (Å²) in [5, 5.41) is 2.56. The summed E-state index contributed by atoms with van der Waals surface area (Å²) in [5.41, 5.74) is 4.23. The SMILES string of the molecule is CC(C)(C)c1ccc2c(c1)=[C-]C1=CC(C3C=CC=C3)(C(C)(C)C)C=CC=21.C[C](C)=[Hf+2].[Cl-].[Cl-]. The molecule has 3 aliphatic rings. The molecule has 3 heteroatoms. The van der Waals surface area contributed by atoms with Gasteiger partial charge in [0.15, 0.2) is 0 Å². The molecule has 0 amide bonds. The molecule has 0 heterocycles. The molecule has 0 aromatic heterocycles. The Bertz CT molecular complexity index is 1090. The monoisotopic (exact) mass is 633 g/mol. The minimum atomic E-state index is -0.0166. The van der Waals surface area contributed by atoms with Crippen LogP contribution in [0.5, 0.6) is 0 Å². The van der Waals surface area contributed by atoms with Crippen molar-refractivity contribution in [2.45, 2.75) is 60.8 Å². The Morgan fingerprint density at radius 1 is 0.969 bits per heavy atom. The van der Waals surface area contributed by atoms with E-state index in [1.807, 2.05) is 0 Å². The van der Waals surface area contributed by atoms with E-state index in [4.69, 9.17) is 0 Å². The van der Waals surface area contributed by atoms with Gasteiger partial charge in [0.25, 0.3) is 0 Å². The van der Waals surface area contributed by atoms with Gasteiger partial charge in [-0.05, 0) is 16.2 Å². The summed E-state index contributed by atoms with van der Waals surface area (Å²) in [5.74, 6) is 0.406. The van der Waals surface area contributed by atoms with Crippen molar-refractivity contribution in [1.82, 2.24) is 0 Å². The normalized spacial score (nSPS) is 20.8. The molecular formula is C29H35Cl2Hf-. The molecule has 0 bridgehead atoms. The third kappa shape index (κ3) is 5.83. The number of benzene rings is 1. The summed E-state index contributed by atoms with van der Waals surface area (Å²) in [6, 6.07) is 6.88. The van der Waals surface area contributed by atoms with Gasteiger partial charge in [-0.1, -0.05) is 95.7 Å². The van der Waals surface area contributed by atoms with Crippen LogP contribution >= 0.6 is 0 Å². The summed E-state index contributed by atoms with van der Waals surface area (Å²) in [6.45, 7) is 18.1. The number of allylic oxidation sites excluding steroid dienone is 8. The van der Waals surface area contributed by atoms with Crippen LogP contribution in [-0.4, -0.2) is 3.26 Å². The number of hydrogen-bond acceptors (Lipinski definition) is 0. The van der Waals surface area contributed by atoms with Crippen molar-refractivity contribution in [3.63, 3.8) is 0 Å². The first-order valence-electron chi connectivity index (χ1n) is 10.9. The van der Waals surface area contributed by atoms with Crippen LogP contribution in [-0.2, 0) is 29.3 Å². The fourth-order valence-corrected chi connectivity index (χ4v) is 4.43. The molecule has 4 rings (SSSR count). The Kier molecular flexibility index (Phi) is 9.75. The quantitative estimate of drug-likeness (QED) is 0.298. The predicted octanol–water partition coefficient (Wildman–Crippen LogP) is -0.170. The van der Waals surface area contributed by atoms with Crippen molar-refractivity contribution in [2.24, 2.45) is 16.7 Å². The average molecular weight is 633 g/mol. The van der Waals surface area contributed by atoms with Gasteiger partial charge in [0, 0.05) is 5.92 Å². The summed E-state index contributed by atoms with van der Waals surface area (Å²) in [6.07, 6.45) is 20.0. The Morgan fingerprint density at radius 3 is 2.03 bits per heavy atom. The molecule has 170 valence electrons. The smallest absolute Gasteiger partial charge is 1.00 e. The Hall–Kier alpha value is -0.760. The maximum atomic E-state index is 3.72. The number of rotatable bonds is 1. The van der Waals surface area contributed by atoms with Crippen molar-refractivity contribution in [1.29, 1.82) is 0 Å². The minimum absolute atomic E-state index is 0. The molecular weight excluding hydrogens is 598 g/mol. The van der Waals surface area contributed by atoms with Crippen molar-refractivity contribution in [3.05, 3.63) is 82.3 Å². The molecule has 1 aromatic carbocycles. The standard InChI is InChI=1S/C26H29.C3H6.2ClH.Hf/c1-24(2,3)21-11-12-22-18(16-21)15-19-17-26(25(4,5)6,14-13-23(19)22)20-9-7-8-10-20;1-3-2;;;/h7-14,16-17,20H,1-6H3;1-2H3;2*1H;/q-1;;;;+2/p-2. The Morgan fingerprint density at radius 2 is 1.53 bits per heavy atom. The van der Waals surface area contributed by atoms with Gasteiger partial charge in [-0.15, -0.1) is 39.8 Å². The second kappa shape index (κ2) is 10.7. The van der Waals surface area contributed by atoms with E-state index >= 15 is 0 Å². The first kappa shape index (κ1) is 29.3. The van der Waals surface area contributed by atoms with Crippen LogP contribution in [0.3, 0.4) is 0 Å². The summed E-state index contributed by atoms with van der Waals surface area (Å²) in [4.78, 5) is 0. The van der Waals surface area contributed by atoms with Gasteiger partial charge in [-0.3, -0.25) is 0 Å². The molecule has 32 heavy (non-hydrogen) atoms. The van der Waals surface area contributed by atoms with Crippen molar-refractivity contribution in [2.75, 3.05) is 0 Å². The van der Waals surface area contributed by atoms with Crippen LogP contribution in [0.25, 0.3) is 11.6 Å². The van der Waals surface area contributed by atoms with E-state index in [9.17, 15) is 0 Å². The minimum Gasteiger partial charge on any atom is -1.00 e. The molecule has 0 N–H and O–H groups in total. The van der Waals surface area contributed by atoms with Crippen LogP contribution < -0.4 is 35.3 Å². The molecule has 3 aliphatic carbocycles. The molecule has 1 aromatic rings. The van der Waals surface area contributed by atoms with Crippen molar-refractivity contribution >= 4 is 14.9 Å². The van der Waals surface area contributed by atoms with E-state index in [0.717, 1.165) is 0 Å². The molecule has 0 saturated heterocycles. The van der Waals surface area contributed by atoms with Crippen LogP contribution in [0.1, 0.15) is 61.0 Å². The Labute approximate surface area is 222 Å². The number of hydrogen-bond donors (Lipinski definition) is 0. The Balaban J connectivity index is 0.000000790. The van der Waals surface area contributed by atoms with Crippen LogP contribution in [0.2, 0.25) is 0 Å². The fraction of sp³-hybridized carbons (Fsp3) is 0.414. The van der Waals surface area contributed by atoms with Crippen molar-refractivity contribution < 1.29 is 48.7 Å². The second-order valence-electron chi connectivity index (χ2n) is 10.9. The van der Waals surface area contributed by atoms with E-state index in [1.165, 1.54) is 51.0 Å². The largest absolute Gasteiger partial charge is 1.00 e. The zero-order valence-corrected chi connectivity index (χ0v) is 25.7. The van der Waals surface area contributed by atoms with Crippen LogP contribution in [0.15, 0.2) is 66.3 Å². The predicted molar refractivity (Wildman–Crippen MR) is 128 cm³/mol. The molecule has 1 atom stereocenters. The van der Waals surface area contributed by atoms with E-state index in [-0.39, 0.29) is 41.1 Å². The molecule has 1 unspecified atom stereocenters. The van der Waals surface area contributed by atoms with Gasteiger partial charge in [0.2, 0.25) is 0 Å². The van der Waals surface area contributed by atoms with E-state index in [2.05, 4.69) is 122 Å². The molecule has 0 aliphatic heterocycles. The van der Waals surface area contributed by atoms with Crippen LogP contribution in [0.4, 0.5) is 0 Å². The van der Waals surface area contributed by atoms with Gasteiger partial charge in [0.05, 0.1) is 0 Å². The van der Waals surface area contributed by atoms with Gasteiger partial charge in [0.1, 0.15) is 0 Å². The first-order chi connectivity index (χ1) is 13.8. The molecule has 0 radical (unpaired) electrons. The molecule has 0 saturated carbocycles. The summed E-state index contributed by atoms with van der Waals surface area (Å²) < 4.78 is 1.56.